The number of anilines is 2. The molecule has 8 nitrogen and oxygen atoms in total. The maximum atomic E-state index is 13.4. The molecule has 3 rings (SSSR count). The lowest BCUT2D eigenvalue weighted by Gasteiger charge is -2.22. The van der Waals surface area contributed by atoms with Crippen LogP contribution in [0.1, 0.15) is 42.1 Å². The average molecular weight is 446 g/mol. The number of amides is 1. The van der Waals surface area contributed by atoms with Crippen molar-refractivity contribution in [1.82, 2.24) is 14.5 Å². The van der Waals surface area contributed by atoms with Gasteiger partial charge in [0, 0.05) is 18.7 Å². The lowest BCUT2D eigenvalue weighted by Crippen LogP contribution is -2.41. The maximum Gasteiger partial charge on any atom is 0.330 e. The monoisotopic (exact) mass is 445 g/mol. The number of nitrogens with zero attached hydrogens (tertiary/aromatic N) is 3. The van der Waals surface area contributed by atoms with E-state index in [4.69, 9.17) is 5.73 Å². The zero-order valence-corrected chi connectivity index (χ0v) is 18.4. The number of nitrogen functional groups attached to an aromatic ring is 1. The molecule has 0 spiro atoms. The van der Waals surface area contributed by atoms with Crippen LogP contribution in [0.3, 0.4) is 0 Å². The highest BCUT2D eigenvalue weighted by molar-refractivity contribution is 7.17. The number of unbranched alkanes of at least 4 members (excludes halogenated alkanes) is 1. The van der Waals surface area contributed by atoms with E-state index < -0.39 is 17.2 Å². The minimum atomic E-state index is -0.716. The predicted octanol–water partition coefficient (Wildman–Crippen LogP) is 3.16. The van der Waals surface area contributed by atoms with Gasteiger partial charge >= 0.3 is 5.69 Å². The number of nitrogens with two attached hydrogens (primary N) is 1. The summed E-state index contributed by atoms with van der Waals surface area (Å²) in [5, 5.41) is 0.562. The molecule has 0 fully saturated rings. The van der Waals surface area contributed by atoms with Crippen molar-refractivity contribution in [3.63, 3.8) is 0 Å². The molecule has 2 heterocycles. The average Bonchev–Trinajstić information content (AvgIpc) is 3.12. The highest BCUT2D eigenvalue weighted by Crippen LogP contribution is 2.30. The molecule has 31 heavy (non-hydrogen) atoms. The Balaban J connectivity index is 2.04. The molecule has 0 bridgehead atoms. The first-order valence-corrected chi connectivity index (χ1v) is 10.8. The number of thiazole rings is 1. The third-order valence-corrected chi connectivity index (χ3v) is 6.06. The molecule has 0 aliphatic carbocycles. The van der Waals surface area contributed by atoms with Gasteiger partial charge < -0.3 is 5.73 Å². The van der Waals surface area contributed by atoms with Crippen LogP contribution in [-0.4, -0.2) is 27.0 Å². The molecule has 1 amide bonds. The molecule has 2 aromatic heterocycles. The number of rotatable bonds is 7. The number of halogens is 1. The van der Waals surface area contributed by atoms with E-state index in [9.17, 15) is 18.8 Å². The van der Waals surface area contributed by atoms with E-state index in [0.717, 1.165) is 17.8 Å². The van der Waals surface area contributed by atoms with Gasteiger partial charge in [0.15, 0.2) is 5.69 Å². The van der Waals surface area contributed by atoms with Crippen molar-refractivity contribution in [2.75, 3.05) is 17.2 Å². The first kappa shape index (κ1) is 22.4. The molecule has 1 aromatic carbocycles. The van der Waals surface area contributed by atoms with Crippen LogP contribution in [-0.2, 0) is 6.54 Å². The lowest BCUT2D eigenvalue weighted by atomic mass is 10.2. The van der Waals surface area contributed by atoms with Crippen LogP contribution in [0, 0.1) is 12.7 Å². The summed E-state index contributed by atoms with van der Waals surface area (Å²) < 4.78 is 14.5. The number of hydrogen-bond donors (Lipinski definition) is 2. The smallest absolute Gasteiger partial charge is 0.330 e. The number of hydrogen-bond acceptors (Lipinski definition) is 6. The minimum absolute atomic E-state index is 0.0432. The minimum Gasteiger partial charge on any atom is -0.383 e. The van der Waals surface area contributed by atoms with Gasteiger partial charge in [-0.1, -0.05) is 13.3 Å². The summed E-state index contributed by atoms with van der Waals surface area (Å²) in [7, 11) is 0. The normalized spacial score (nSPS) is 11.0. The first-order chi connectivity index (χ1) is 14.8. The van der Waals surface area contributed by atoms with Crippen LogP contribution in [0.2, 0.25) is 0 Å². The van der Waals surface area contributed by atoms with Gasteiger partial charge in [0.2, 0.25) is 0 Å². The second-order valence-electron chi connectivity index (χ2n) is 6.99. The number of benzene rings is 1. The van der Waals surface area contributed by atoms with E-state index in [0.29, 0.717) is 34.1 Å². The Morgan fingerprint density at radius 2 is 1.94 bits per heavy atom. The SMILES string of the molecule is CCCCn1c(N)c(N(CC)C(=O)c2sc(-c3ccc(F)cc3)nc2C)c(=O)[nH]c1=O. The zero-order valence-electron chi connectivity index (χ0n) is 17.6. The number of H-pyrrole nitrogens is 1. The van der Waals surface area contributed by atoms with E-state index in [1.54, 1.807) is 26.0 Å². The summed E-state index contributed by atoms with van der Waals surface area (Å²) in [6.07, 6.45) is 1.54. The summed E-state index contributed by atoms with van der Waals surface area (Å²) in [4.78, 5) is 46.4. The second kappa shape index (κ2) is 9.25. The molecule has 3 N–H and O–H groups in total. The lowest BCUT2D eigenvalue weighted by molar-refractivity contribution is 0.0991. The second-order valence-corrected chi connectivity index (χ2v) is 7.99. The van der Waals surface area contributed by atoms with Crippen molar-refractivity contribution in [1.29, 1.82) is 0 Å². The summed E-state index contributed by atoms with van der Waals surface area (Å²) in [5.41, 5.74) is 5.96. The van der Waals surface area contributed by atoms with E-state index in [1.165, 1.54) is 21.6 Å². The Bertz CT molecular complexity index is 1210. The summed E-state index contributed by atoms with van der Waals surface area (Å²) in [6, 6.07) is 5.83. The van der Waals surface area contributed by atoms with Crippen molar-refractivity contribution >= 4 is 28.7 Å². The Morgan fingerprint density at radius 1 is 1.26 bits per heavy atom. The highest BCUT2D eigenvalue weighted by Gasteiger charge is 2.27. The van der Waals surface area contributed by atoms with Crippen molar-refractivity contribution in [2.45, 2.75) is 40.2 Å². The summed E-state index contributed by atoms with van der Waals surface area (Å²) in [5.74, 6) is -0.847. The number of nitrogens with one attached hydrogen (secondary N) is 1. The molecule has 10 heteroatoms. The molecule has 0 saturated heterocycles. The van der Waals surface area contributed by atoms with Gasteiger partial charge in [0.05, 0.1) is 5.69 Å². The number of carbonyl (C=O) groups excluding carboxylic acids is 1. The Hall–Kier alpha value is -3.27. The van der Waals surface area contributed by atoms with Gasteiger partial charge in [-0.15, -0.1) is 11.3 Å². The Labute approximate surface area is 182 Å². The molecule has 0 unspecified atom stereocenters. The maximum absolute atomic E-state index is 13.4. The molecule has 164 valence electrons. The van der Waals surface area contributed by atoms with Gasteiger partial charge in [-0.25, -0.2) is 14.2 Å². The molecular formula is C21H24FN5O3S. The van der Waals surface area contributed by atoms with Gasteiger partial charge in [0.25, 0.3) is 11.5 Å². The van der Waals surface area contributed by atoms with E-state index in [2.05, 4.69) is 9.97 Å². The fourth-order valence-corrected chi connectivity index (χ4v) is 4.23. The van der Waals surface area contributed by atoms with Crippen LogP contribution in [0.4, 0.5) is 15.9 Å². The molecule has 0 aliphatic heterocycles. The third-order valence-electron chi connectivity index (χ3n) is 4.86. The molecule has 0 radical (unpaired) electrons. The van der Waals surface area contributed by atoms with Crippen LogP contribution >= 0.6 is 11.3 Å². The summed E-state index contributed by atoms with van der Waals surface area (Å²) >= 11 is 1.15. The number of aromatic amines is 1. The van der Waals surface area contributed by atoms with Crippen LogP contribution in [0.5, 0.6) is 0 Å². The predicted molar refractivity (Wildman–Crippen MR) is 120 cm³/mol. The first-order valence-electron chi connectivity index (χ1n) is 9.96. The van der Waals surface area contributed by atoms with Gasteiger partial charge in [0.1, 0.15) is 21.5 Å². The Kier molecular flexibility index (Phi) is 6.69. The number of aryl methyl sites for hydroxylation is 1. The zero-order chi connectivity index (χ0) is 22.7. The van der Waals surface area contributed by atoms with Crippen molar-refractivity contribution < 1.29 is 9.18 Å². The van der Waals surface area contributed by atoms with Crippen LogP contribution < -0.4 is 21.9 Å². The van der Waals surface area contributed by atoms with Crippen LogP contribution in [0.15, 0.2) is 33.9 Å². The van der Waals surface area contributed by atoms with E-state index in [-0.39, 0.29) is 23.9 Å². The van der Waals surface area contributed by atoms with E-state index in [1.807, 2.05) is 6.92 Å². The largest absolute Gasteiger partial charge is 0.383 e. The molecule has 0 saturated carbocycles. The number of aromatic nitrogens is 3. The fraction of sp³-hybridized carbons (Fsp3) is 0.333. The molecular weight excluding hydrogens is 421 g/mol. The van der Waals surface area contributed by atoms with Gasteiger partial charge in [-0.2, -0.15) is 0 Å². The quantitative estimate of drug-likeness (QED) is 0.580. The van der Waals surface area contributed by atoms with Gasteiger partial charge in [-0.3, -0.25) is 24.0 Å². The fourth-order valence-electron chi connectivity index (χ4n) is 3.21. The van der Waals surface area contributed by atoms with Crippen LogP contribution in [0.25, 0.3) is 10.6 Å². The molecule has 3 aromatic rings. The Morgan fingerprint density at radius 3 is 2.55 bits per heavy atom. The van der Waals surface area contributed by atoms with E-state index >= 15 is 0 Å². The van der Waals surface area contributed by atoms with Crippen molar-refractivity contribution in [3.8, 4) is 10.6 Å². The van der Waals surface area contributed by atoms with Crippen molar-refractivity contribution in [2.24, 2.45) is 0 Å². The van der Waals surface area contributed by atoms with Gasteiger partial charge in [-0.05, 0) is 44.5 Å². The number of carbonyl (C=O) groups is 1. The topological polar surface area (TPSA) is 114 Å². The third kappa shape index (κ3) is 4.43. The molecule has 0 atom stereocenters. The standard InChI is InChI=1S/C21H24FN5O3S/c1-4-6-11-27-17(23)15(18(28)25-21(27)30)26(5-2)20(29)16-12(3)24-19(31-16)13-7-9-14(22)10-8-13/h7-10H,4-6,11,23H2,1-3H3,(H,25,28,30). The van der Waals surface area contributed by atoms with Crippen molar-refractivity contribution in [3.05, 3.63) is 61.5 Å². The highest BCUT2D eigenvalue weighted by atomic mass is 32.1. The summed E-state index contributed by atoms with van der Waals surface area (Å²) in [6.45, 7) is 5.89. The molecule has 0 aliphatic rings.